The van der Waals surface area contributed by atoms with Crippen molar-refractivity contribution in [2.75, 3.05) is 19.7 Å². The van der Waals surface area contributed by atoms with E-state index in [1.807, 2.05) is 13.8 Å². The molecular formula is C26H30ClFN2O5. The molecule has 0 saturated carbocycles. The fourth-order valence-corrected chi connectivity index (χ4v) is 4.37. The number of ketones is 1. The number of piperazine rings is 1. The summed E-state index contributed by atoms with van der Waals surface area (Å²) in [4.78, 5) is 40.3. The summed E-state index contributed by atoms with van der Waals surface area (Å²) in [7, 11) is 0. The molecule has 0 aromatic heterocycles. The Morgan fingerprint density at radius 3 is 2.46 bits per heavy atom. The van der Waals surface area contributed by atoms with Crippen molar-refractivity contribution in [2.45, 2.75) is 51.7 Å². The average molecular weight is 505 g/mol. The zero-order valence-electron chi connectivity index (χ0n) is 19.9. The highest BCUT2D eigenvalue weighted by atomic mass is 35.5. The molecule has 1 aliphatic heterocycles. The molecule has 2 aromatic rings. The molecular weight excluding hydrogens is 475 g/mol. The lowest BCUT2D eigenvalue weighted by molar-refractivity contribution is -0.139. The minimum atomic E-state index is -0.966. The van der Waals surface area contributed by atoms with E-state index in [1.54, 1.807) is 29.2 Å². The van der Waals surface area contributed by atoms with Crippen molar-refractivity contribution in [3.8, 4) is 5.75 Å². The standard InChI is InChI=1S/C26H30ClFN2O5/c1-17-14-30(18(2)13-29(17)15-19-6-9-21(28)10-7-19)25(32)16-35-24-11-8-20(27)12-22(24)23(31)4-3-5-26(33)34/h6-12,17-18H,3-5,13-16H2,1-2H3,(H,33,34). The maximum absolute atomic E-state index is 13.2. The van der Waals surface area contributed by atoms with E-state index in [9.17, 15) is 18.8 Å². The molecule has 1 N–H and O–H groups in total. The van der Waals surface area contributed by atoms with Crippen LogP contribution in [-0.4, -0.2) is 64.3 Å². The Hall–Kier alpha value is -2.97. The molecule has 35 heavy (non-hydrogen) atoms. The summed E-state index contributed by atoms with van der Waals surface area (Å²) < 4.78 is 18.9. The van der Waals surface area contributed by atoms with Gasteiger partial charge in [0.2, 0.25) is 0 Å². The second kappa shape index (κ2) is 12.1. The van der Waals surface area contributed by atoms with Gasteiger partial charge in [-0.2, -0.15) is 0 Å². The lowest BCUT2D eigenvalue weighted by Gasteiger charge is -2.44. The number of halogens is 2. The summed E-state index contributed by atoms with van der Waals surface area (Å²) in [5, 5.41) is 9.14. The van der Waals surface area contributed by atoms with E-state index >= 15 is 0 Å². The van der Waals surface area contributed by atoms with E-state index in [-0.39, 0.29) is 66.8 Å². The Morgan fingerprint density at radius 1 is 1.06 bits per heavy atom. The van der Waals surface area contributed by atoms with Gasteiger partial charge in [-0.15, -0.1) is 0 Å². The van der Waals surface area contributed by atoms with Gasteiger partial charge in [0.1, 0.15) is 11.6 Å². The molecule has 1 fully saturated rings. The maximum atomic E-state index is 13.2. The predicted molar refractivity (Wildman–Crippen MR) is 130 cm³/mol. The minimum Gasteiger partial charge on any atom is -0.483 e. The molecule has 2 unspecified atom stereocenters. The zero-order chi connectivity index (χ0) is 25.5. The molecule has 0 bridgehead atoms. The number of Topliss-reactive ketones (excluding diaryl/α,β-unsaturated/α-hetero) is 1. The average Bonchev–Trinajstić information content (AvgIpc) is 2.81. The van der Waals surface area contributed by atoms with E-state index in [4.69, 9.17) is 21.4 Å². The summed E-state index contributed by atoms with van der Waals surface area (Å²) in [5.74, 6) is -1.46. The number of aliphatic carboxylic acids is 1. The lowest BCUT2D eigenvalue weighted by Crippen LogP contribution is -2.58. The molecule has 7 nitrogen and oxygen atoms in total. The number of benzene rings is 2. The van der Waals surface area contributed by atoms with Crippen molar-refractivity contribution in [3.05, 3.63) is 64.4 Å². The quantitative estimate of drug-likeness (QED) is 0.482. The SMILES string of the molecule is CC1CN(C(=O)COc2ccc(Cl)cc2C(=O)CCCC(=O)O)C(C)CN1Cc1ccc(F)cc1. The summed E-state index contributed by atoms with van der Waals surface area (Å²) in [6, 6.07) is 11.1. The van der Waals surface area contributed by atoms with Crippen LogP contribution in [0.25, 0.3) is 0 Å². The second-order valence-corrected chi connectivity index (χ2v) is 9.34. The molecule has 1 heterocycles. The number of carbonyl (C=O) groups is 3. The van der Waals surface area contributed by atoms with Crippen LogP contribution in [0.1, 0.15) is 49.0 Å². The lowest BCUT2D eigenvalue weighted by atomic mass is 10.0. The van der Waals surface area contributed by atoms with Gasteiger partial charge in [0, 0.05) is 49.6 Å². The highest BCUT2D eigenvalue weighted by molar-refractivity contribution is 6.31. The van der Waals surface area contributed by atoms with Gasteiger partial charge < -0.3 is 14.7 Å². The highest BCUT2D eigenvalue weighted by Gasteiger charge is 2.32. The molecule has 1 aliphatic rings. The number of hydrogen-bond donors (Lipinski definition) is 1. The van der Waals surface area contributed by atoms with Gasteiger partial charge in [-0.1, -0.05) is 23.7 Å². The Kier molecular flexibility index (Phi) is 9.23. The Bertz CT molecular complexity index is 1060. The fourth-order valence-electron chi connectivity index (χ4n) is 4.19. The predicted octanol–water partition coefficient (Wildman–Crippen LogP) is 4.42. The van der Waals surface area contributed by atoms with Crippen molar-refractivity contribution < 1.29 is 28.6 Å². The third-order valence-corrected chi connectivity index (χ3v) is 6.36. The van der Waals surface area contributed by atoms with E-state index < -0.39 is 5.97 Å². The van der Waals surface area contributed by atoms with Gasteiger partial charge in [0.15, 0.2) is 12.4 Å². The molecule has 0 spiro atoms. The number of carbonyl (C=O) groups excluding carboxylic acids is 2. The van der Waals surface area contributed by atoms with Crippen LogP contribution in [0.15, 0.2) is 42.5 Å². The van der Waals surface area contributed by atoms with E-state index in [1.165, 1.54) is 18.2 Å². The number of nitrogens with zero attached hydrogens (tertiary/aromatic N) is 2. The van der Waals surface area contributed by atoms with Gasteiger partial charge >= 0.3 is 5.97 Å². The van der Waals surface area contributed by atoms with Crippen LogP contribution in [0.2, 0.25) is 5.02 Å². The van der Waals surface area contributed by atoms with Crippen molar-refractivity contribution in [1.82, 2.24) is 9.80 Å². The Balaban J connectivity index is 1.59. The van der Waals surface area contributed by atoms with Crippen LogP contribution in [0.3, 0.4) is 0 Å². The molecule has 2 atom stereocenters. The van der Waals surface area contributed by atoms with Crippen molar-refractivity contribution in [3.63, 3.8) is 0 Å². The van der Waals surface area contributed by atoms with Gasteiger partial charge in [-0.25, -0.2) is 4.39 Å². The van der Waals surface area contributed by atoms with E-state index in [0.29, 0.717) is 24.7 Å². The third kappa shape index (κ3) is 7.50. The summed E-state index contributed by atoms with van der Waals surface area (Å²) in [5.41, 5.74) is 1.25. The number of carboxylic acid groups (broad SMARTS) is 1. The molecule has 0 radical (unpaired) electrons. The van der Waals surface area contributed by atoms with Gasteiger partial charge in [0.25, 0.3) is 5.91 Å². The van der Waals surface area contributed by atoms with Crippen LogP contribution in [0.4, 0.5) is 4.39 Å². The fraction of sp³-hybridized carbons (Fsp3) is 0.423. The molecule has 9 heteroatoms. The number of amides is 1. The smallest absolute Gasteiger partial charge is 0.303 e. The summed E-state index contributed by atoms with van der Waals surface area (Å²) in [6.07, 6.45) is 0.141. The summed E-state index contributed by atoms with van der Waals surface area (Å²) >= 11 is 6.04. The third-order valence-electron chi connectivity index (χ3n) is 6.12. The first-order chi connectivity index (χ1) is 16.6. The Labute approximate surface area is 209 Å². The first-order valence-electron chi connectivity index (χ1n) is 11.6. The number of carboxylic acids is 1. The van der Waals surface area contributed by atoms with Gasteiger partial charge in [-0.3, -0.25) is 19.3 Å². The van der Waals surface area contributed by atoms with E-state index in [2.05, 4.69) is 4.90 Å². The van der Waals surface area contributed by atoms with Gasteiger partial charge in [-0.05, 0) is 56.2 Å². The van der Waals surface area contributed by atoms with Crippen LogP contribution in [-0.2, 0) is 16.1 Å². The van der Waals surface area contributed by atoms with Crippen LogP contribution in [0, 0.1) is 5.82 Å². The van der Waals surface area contributed by atoms with Crippen LogP contribution >= 0.6 is 11.6 Å². The zero-order valence-corrected chi connectivity index (χ0v) is 20.6. The van der Waals surface area contributed by atoms with Gasteiger partial charge in [0.05, 0.1) is 5.56 Å². The topological polar surface area (TPSA) is 87.1 Å². The molecule has 3 rings (SSSR count). The monoisotopic (exact) mass is 504 g/mol. The first kappa shape index (κ1) is 26.6. The van der Waals surface area contributed by atoms with Crippen LogP contribution < -0.4 is 4.74 Å². The number of ether oxygens (including phenoxy) is 1. The molecule has 2 aromatic carbocycles. The first-order valence-corrected chi connectivity index (χ1v) is 12.0. The largest absolute Gasteiger partial charge is 0.483 e. The van der Waals surface area contributed by atoms with Crippen molar-refractivity contribution in [1.29, 1.82) is 0 Å². The van der Waals surface area contributed by atoms with Crippen LogP contribution in [0.5, 0.6) is 5.75 Å². The molecule has 188 valence electrons. The molecule has 0 aliphatic carbocycles. The molecule has 1 saturated heterocycles. The number of hydrogen-bond acceptors (Lipinski definition) is 5. The minimum absolute atomic E-state index is 0.0432. The normalized spacial score (nSPS) is 18.3. The Morgan fingerprint density at radius 2 is 1.77 bits per heavy atom. The van der Waals surface area contributed by atoms with Crippen molar-refractivity contribution >= 4 is 29.3 Å². The second-order valence-electron chi connectivity index (χ2n) is 8.90. The van der Waals surface area contributed by atoms with E-state index in [0.717, 1.165) is 5.56 Å². The number of rotatable bonds is 10. The summed E-state index contributed by atoms with van der Waals surface area (Å²) in [6.45, 7) is 5.64. The molecule has 1 amide bonds. The highest BCUT2D eigenvalue weighted by Crippen LogP contribution is 2.26. The van der Waals surface area contributed by atoms with Crippen molar-refractivity contribution in [2.24, 2.45) is 0 Å². The maximum Gasteiger partial charge on any atom is 0.303 e.